The zero-order chi connectivity index (χ0) is 23.3. The Labute approximate surface area is 194 Å². The topological polar surface area (TPSA) is 87.7 Å². The normalized spacial score (nSPS) is 15.0. The molecule has 4 rings (SSSR count). The number of methoxy groups -OCH3 is 1. The summed E-state index contributed by atoms with van der Waals surface area (Å²) in [7, 11) is -1.86. The molecule has 8 nitrogen and oxygen atoms in total. The minimum atomic E-state index is -3.49. The number of rotatable bonds is 7. The third-order valence-corrected chi connectivity index (χ3v) is 6.88. The summed E-state index contributed by atoms with van der Waals surface area (Å²) in [6.45, 7) is 3.70. The van der Waals surface area contributed by atoms with Crippen LogP contribution in [-0.4, -0.2) is 56.0 Å². The first-order chi connectivity index (χ1) is 15.9. The fourth-order valence-electron chi connectivity index (χ4n) is 3.54. The summed E-state index contributed by atoms with van der Waals surface area (Å²) in [5, 5.41) is 4.57. The Balaban J connectivity index is 1.41. The molecule has 1 N–H and O–H groups in total. The largest absolute Gasteiger partial charge is 0.497 e. The Hall–Kier alpha value is -3.43. The lowest BCUT2D eigenvalue weighted by Crippen LogP contribution is -2.48. The van der Waals surface area contributed by atoms with Crippen LogP contribution in [0, 0.1) is 6.92 Å². The van der Waals surface area contributed by atoms with Gasteiger partial charge in [-0.15, -0.1) is 0 Å². The molecule has 2 aromatic carbocycles. The van der Waals surface area contributed by atoms with Crippen LogP contribution in [0.4, 0.5) is 17.5 Å². The summed E-state index contributed by atoms with van der Waals surface area (Å²) in [5.74, 6) is 2.05. The highest BCUT2D eigenvalue weighted by Gasteiger charge is 2.26. The number of sulfonamides is 1. The first-order valence-electron chi connectivity index (χ1n) is 10.7. The van der Waals surface area contributed by atoms with E-state index in [0.717, 1.165) is 22.7 Å². The number of benzene rings is 2. The highest BCUT2D eigenvalue weighted by molar-refractivity contribution is 7.92. The number of anilines is 3. The van der Waals surface area contributed by atoms with E-state index in [4.69, 9.17) is 4.74 Å². The lowest BCUT2D eigenvalue weighted by molar-refractivity contribution is 0.387. The summed E-state index contributed by atoms with van der Waals surface area (Å²) in [6, 6.07) is 18.9. The Morgan fingerprint density at radius 1 is 0.970 bits per heavy atom. The molecule has 1 fully saturated rings. The van der Waals surface area contributed by atoms with Crippen LogP contribution in [-0.2, 0) is 10.0 Å². The molecule has 0 amide bonds. The molecule has 172 valence electrons. The molecule has 2 heterocycles. The van der Waals surface area contributed by atoms with Crippen molar-refractivity contribution in [3.8, 4) is 5.75 Å². The van der Waals surface area contributed by atoms with Crippen LogP contribution in [0.2, 0.25) is 0 Å². The highest BCUT2D eigenvalue weighted by atomic mass is 32.2. The van der Waals surface area contributed by atoms with Crippen molar-refractivity contribution in [1.29, 1.82) is 0 Å². The molecule has 0 saturated carbocycles. The van der Waals surface area contributed by atoms with Gasteiger partial charge in [0.25, 0.3) is 0 Å². The van der Waals surface area contributed by atoms with Crippen LogP contribution >= 0.6 is 0 Å². The molecule has 9 heteroatoms. The Kier molecular flexibility index (Phi) is 6.90. The molecule has 0 spiro atoms. The van der Waals surface area contributed by atoms with E-state index in [1.54, 1.807) is 13.2 Å². The first-order valence-corrected chi connectivity index (χ1v) is 12.2. The third kappa shape index (κ3) is 5.88. The van der Waals surface area contributed by atoms with Crippen LogP contribution in [0.5, 0.6) is 5.75 Å². The number of hydrogen-bond acceptors (Lipinski definition) is 7. The van der Waals surface area contributed by atoms with E-state index in [0.29, 0.717) is 37.9 Å². The average Bonchev–Trinajstić information content (AvgIpc) is 2.84. The van der Waals surface area contributed by atoms with E-state index in [1.165, 1.54) is 9.71 Å². The molecular formula is C24H27N5O3S. The molecular weight excluding hydrogens is 438 g/mol. The lowest BCUT2D eigenvalue weighted by Gasteiger charge is -2.33. The lowest BCUT2D eigenvalue weighted by atomic mass is 10.2. The van der Waals surface area contributed by atoms with Gasteiger partial charge in [0.15, 0.2) is 0 Å². The van der Waals surface area contributed by atoms with Crippen molar-refractivity contribution in [2.24, 2.45) is 0 Å². The summed E-state index contributed by atoms with van der Waals surface area (Å²) in [4.78, 5) is 11.2. The second kappa shape index (κ2) is 10.0. The maximum Gasteiger partial charge on any atom is 0.236 e. The Morgan fingerprint density at radius 2 is 1.67 bits per heavy atom. The zero-order valence-corrected chi connectivity index (χ0v) is 19.5. The predicted molar refractivity (Wildman–Crippen MR) is 131 cm³/mol. The van der Waals surface area contributed by atoms with Crippen molar-refractivity contribution >= 4 is 33.6 Å². The summed E-state index contributed by atoms with van der Waals surface area (Å²) in [6.07, 6.45) is 1.63. The number of hydrogen-bond donors (Lipinski definition) is 1. The molecule has 0 bridgehead atoms. The maximum absolute atomic E-state index is 12.7. The molecule has 0 atom stereocenters. The average molecular weight is 466 g/mol. The quantitative estimate of drug-likeness (QED) is 0.570. The monoisotopic (exact) mass is 465 g/mol. The molecule has 1 saturated heterocycles. The van der Waals surface area contributed by atoms with E-state index in [9.17, 15) is 8.42 Å². The van der Waals surface area contributed by atoms with Gasteiger partial charge in [-0.25, -0.2) is 13.4 Å². The van der Waals surface area contributed by atoms with Gasteiger partial charge in [-0.3, -0.25) is 0 Å². The van der Waals surface area contributed by atoms with Gasteiger partial charge in [-0.2, -0.15) is 9.29 Å². The number of aromatic nitrogens is 2. The molecule has 3 aromatic rings. The highest BCUT2D eigenvalue weighted by Crippen LogP contribution is 2.22. The number of nitrogens with zero attached hydrogens (tertiary/aromatic N) is 4. The second-order valence-corrected chi connectivity index (χ2v) is 9.51. The SMILES string of the molecule is COc1ccc(Nc2cc(C)nc(N3CCN(S(=O)(=O)/C=C/c4ccccc4)CC3)n2)cc1. The summed E-state index contributed by atoms with van der Waals surface area (Å²) < 4.78 is 32.2. The fourth-order valence-corrected chi connectivity index (χ4v) is 4.71. The van der Waals surface area contributed by atoms with E-state index >= 15 is 0 Å². The van der Waals surface area contributed by atoms with Gasteiger partial charge in [-0.05, 0) is 42.8 Å². The van der Waals surface area contributed by atoms with Gasteiger partial charge < -0.3 is 15.0 Å². The van der Waals surface area contributed by atoms with Crippen LogP contribution in [0.1, 0.15) is 11.3 Å². The van der Waals surface area contributed by atoms with Gasteiger partial charge in [0.05, 0.1) is 7.11 Å². The van der Waals surface area contributed by atoms with Crippen LogP contribution < -0.4 is 15.0 Å². The summed E-state index contributed by atoms with van der Waals surface area (Å²) in [5.41, 5.74) is 2.57. The molecule has 0 aliphatic carbocycles. The molecule has 1 aromatic heterocycles. The minimum Gasteiger partial charge on any atom is -0.497 e. The second-order valence-electron chi connectivity index (χ2n) is 7.69. The van der Waals surface area contributed by atoms with Crippen molar-refractivity contribution in [3.05, 3.63) is 77.3 Å². The van der Waals surface area contributed by atoms with Crippen LogP contribution in [0.15, 0.2) is 66.1 Å². The molecule has 0 radical (unpaired) electrons. The zero-order valence-electron chi connectivity index (χ0n) is 18.7. The van der Waals surface area contributed by atoms with Gasteiger partial charge in [0.2, 0.25) is 16.0 Å². The smallest absolute Gasteiger partial charge is 0.236 e. The number of piperazine rings is 1. The molecule has 1 aliphatic heterocycles. The molecule has 33 heavy (non-hydrogen) atoms. The van der Waals surface area contributed by atoms with Crippen LogP contribution in [0.3, 0.4) is 0 Å². The van der Waals surface area contributed by atoms with Crippen molar-refractivity contribution in [3.63, 3.8) is 0 Å². The molecule has 0 unspecified atom stereocenters. The van der Waals surface area contributed by atoms with Gasteiger partial charge in [0.1, 0.15) is 11.6 Å². The van der Waals surface area contributed by atoms with Gasteiger partial charge >= 0.3 is 0 Å². The number of ether oxygens (including phenoxy) is 1. The van der Waals surface area contributed by atoms with Crippen LogP contribution in [0.25, 0.3) is 6.08 Å². The maximum atomic E-state index is 12.7. The third-order valence-electron chi connectivity index (χ3n) is 5.32. The van der Waals surface area contributed by atoms with Crippen molar-refractivity contribution in [2.75, 3.05) is 43.5 Å². The minimum absolute atomic E-state index is 0.375. The standard InChI is InChI=1S/C24H27N5O3S/c1-19-18-23(26-21-8-10-22(32-2)11-9-21)27-24(25-19)28-13-15-29(16-14-28)33(30,31)17-12-20-6-4-3-5-7-20/h3-12,17-18H,13-16H2,1-2H3,(H,25,26,27)/b17-12+. The fraction of sp³-hybridized carbons (Fsp3) is 0.250. The van der Waals surface area contributed by atoms with Crippen molar-refractivity contribution < 1.29 is 13.2 Å². The van der Waals surface area contributed by atoms with E-state index in [-0.39, 0.29) is 0 Å². The number of nitrogens with one attached hydrogen (secondary N) is 1. The Bertz CT molecular complexity index is 1210. The Morgan fingerprint density at radius 3 is 2.33 bits per heavy atom. The number of aryl methyl sites for hydroxylation is 1. The van der Waals surface area contributed by atoms with E-state index < -0.39 is 10.0 Å². The first kappa shape index (κ1) is 22.8. The summed E-state index contributed by atoms with van der Waals surface area (Å²) >= 11 is 0. The molecule has 1 aliphatic rings. The predicted octanol–water partition coefficient (Wildman–Crippen LogP) is 3.66. The van der Waals surface area contributed by atoms with Crippen molar-refractivity contribution in [1.82, 2.24) is 14.3 Å². The van der Waals surface area contributed by atoms with Gasteiger partial charge in [-0.1, -0.05) is 30.3 Å². The van der Waals surface area contributed by atoms with Gasteiger partial charge in [0, 0.05) is 49.0 Å². The van der Waals surface area contributed by atoms with E-state index in [1.807, 2.05) is 72.5 Å². The van der Waals surface area contributed by atoms with E-state index in [2.05, 4.69) is 15.3 Å². The van der Waals surface area contributed by atoms with Crippen molar-refractivity contribution in [2.45, 2.75) is 6.92 Å².